The van der Waals surface area contributed by atoms with Crippen LogP contribution in [0.25, 0.3) is 0 Å². The minimum atomic E-state index is -1.21. The Bertz CT molecular complexity index is 1300. The number of nitrogens with zero attached hydrogens (tertiary/aromatic N) is 4. The van der Waals surface area contributed by atoms with Gasteiger partial charge in [0.1, 0.15) is 6.29 Å². The SMILES string of the molecule is N[C@H](Cc1cccnc1)C(=O)NOCc1ccc(CNC(=O)CN(CCN(CC=O)CC(=O)O)CCN(CC(=O)O)CC(=O)O)cc1. The Hall–Kier alpha value is -4.81. The number of aromatic nitrogens is 1. The number of carbonyl (C=O) groups excluding carboxylic acids is 3. The first-order valence-corrected chi connectivity index (χ1v) is 14.6. The highest BCUT2D eigenvalue weighted by Gasteiger charge is 2.19. The number of hydroxylamine groups is 1. The van der Waals surface area contributed by atoms with Crippen LogP contribution in [0.4, 0.5) is 0 Å². The maximum absolute atomic E-state index is 12.8. The summed E-state index contributed by atoms with van der Waals surface area (Å²) in [6.07, 6.45) is 4.13. The fourth-order valence-corrected chi connectivity index (χ4v) is 4.31. The molecule has 0 saturated heterocycles. The Morgan fingerprint density at radius 2 is 1.38 bits per heavy atom. The van der Waals surface area contributed by atoms with Crippen LogP contribution < -0.4 is 16.5 Å². The van der Waals surface area contributed by atoms with Crippen LogP contribution in [-0.4, -0.2) is 136 Å². The molecule has 1 aromatic carbocycles. The van der Waals surface area contributed by atoms with Crippen molar-refractivity contribution >= 4 is 36.0 Å². The lowest BCUT2D eigenvalue weighted by Gasteiger charge is -2.27. The lowest BCUT2D eigenvalue weighted by atomic mass is 10.1. The van der Waals surface area contributed by atoms with Gasteiger partial charge in [-0.3, -0.25) is 48.5 Å². The Balaban J connectivity index is 1.88. The third-order valence-electron chi connectivity index (χ3n) is 6.68. The average molecular weight is 660 g/mol. The molecule has 0 radical (unpaired) electrons. The van der Waals surface area contributed by atoms with Crippen LogP contribution in [0.2, 0.25) is 0 Å². The fraction of sp³-hybridized carbons (Fsp3) is 0.433. The number of nitrogens with one attached hydrogen (secondary N) is 2. The summed E-state index contributed by atoms with van der Waals surface area (Å²) in [5, 5.41) is 30.1. The number of rotatable bonds is 24. The van der Waals surface area contributed by atoms with Gasteiger partial charge in [0, 0.05) is 45.1 Å². The molecule has 2 aromatic rings. The molecule has 0 aliphatic heterocycles. The lowest BCUT2D eigenvalue weighted by molar-refractivity contribution is -0.142. The molecule has 256 valence electrons. The maximum atomic E-state index is 12.8. The lowest BCUT2D eigenvalue weighted by Crippen LogP contribution is -2.46. The molecule has 1 heterocycles. The van der Waals surface area contributed by atoms with Crippen LogP contribution in [0, 0.1) is 0 Å². The molecule has 1 atom stereocenters. The van der Waals surface area contributed by atoms with E-state index in [1.165, 1.54) is 9.80 Å². The zero-order valence-corrected chi connectivity index (χ0v) is 25.8. The van der Waals surface area contributed by atoms with Crippen LogP contribution >= 0.6 is 0 Å². The van der Waals surface area contributed by atoms with Gasteiger partial charge in [0.15, 0.2) is 0 Å². The van der Waals surface area contributed by atoms with E-state index in [2.05, 4.69) is 15.8 Å². The van der Waals surface area contributed by atoms with Crippen molar-refractivity contribution in [3.63, 3.8) is 0 Å². The van der Waals surface area contributed by atoms with Gasteiger partial charge < -0.3 is 31.2 Å². The van der Waals surface area contributed by atoms with Crippen LogP contribution in [0.3, 0.4) is 0 Å². The monoisotopic (exact) mass is 659 g/mol. The van der Waals surface area contributed by atoms with E-state index in [0.29, 0.717) is 12.7 Å². The number of carboxylic acids is 3. The largest absolute Gasteiger partial charge is 0.480 e. The molecule has 47 heavy (non-hydrogen) atoms. The van der Waals surface area contributed by atoms with Gasteiger partial charge >= 0.3 is 17.9 Å². The Kier molecular flexibility index (Phi) is 17.2. The molecule has 1 aromatic heterocycles. The van der Waals surface area contributed by atoms with E-state index in [-0.39, 0.29) is 58.3 Å². The number of hydrogen-bond acceptors (Lipinski definition) is 12. The highest BCUT2D eigenvalue weighted by atomic mass is 16.6. The number of amides is 2. The summed E-state index contributed by atoms with van der Waals surface area (Å²) in [4.78, 5) is 83.0. The van der Waals surface area contributed by atoms with Gasteiger partial charge in [0.05, 0.1) is 45.4 Å². The van der Waals surface area contributed by atoms with Gasteiger partial charge in [-0.1, -0.05) is 30.3 Å². The van der Waals surface area contributed by atoms with Crippen molar-refractivity contribution in [2.24, 2.45) is 5.73 Å². The first-order chi connectivity index (χ1) is 22.4. The van der Waals surface area contributed by atoms with E-state index in [1.54, 1.807) is 47.6 Å². The van der Waals surface area contributed by atoms with Crippen LogP contribution in [0.15, 0.2) is 48.8 Å². The second-order valence-electron chi connectivity index (χ2n) is 10.6. The minimum absolute atomic E-state index is 0.0128. The van der Waals surface area contributed by atoms with E-state index in [4.69, 9.17) is 25.9 Å². The molecule has 0 saturated carbocycles. The predicted octanol–water partition coefficient (Wildman–Crippen LogP) is -1.83. The number of aldehydes is 1. The molecule has 2 amide bonds. The number of benzene rings is 1. The fourth-order valence-electron chi connectivity index (χ4n) is 4.31. The van der Waals surface area contributed by atoms with E-state index < -0.39 is 49.5 Å². The van der Waals surface area contributed by atoms with E-state index in [0.717, 1.165) is 16.7 Å². The molecular weight excluding hydrogens is 618 g/mol. The predicted molar refractivity (Wildman–Crippen MR) is 165 cm³/mol. The zero-order valence-electron chi connectivity index (χ0n) is 25.8. The number of aliphatic carboxylic acids is 3. The number of pyridine rings is 1. The van der Waals surface area contributed by atoms with Gasteiger partial charge in [0.25, 0.3) is 5.91 Å². The summed E-state index contributed by atoms with van der Waals surface area (Å²) in [5.74, 6) is -4.41. The highest BCUT2D eigenvalue weighted by molar-refractivity contribution is 5.80. The summed E-state index contributed by atoms with van der Waals surface area (Å²) in [6.45, 7) is -1.06. The van der Waals surface area contributed by atoms with E-state index in [9.17, 15) is 28.8 Å². The maximum Gasteiger partial charge on any atom is 0.317 e. The van der Waals surface area contributed by atoms with Gasteiger partial charge in [-0.15, -0.1) is 0 Å². The van der Waals surface area contributed by atoms with Crippen LogP contribution in [0.5, 0.6) is 0 Å². The van der Waals surface area contributed by atoms with Crippen molar-refractivity contribution in [1.29, 1.82) is 0 Å². The summed E-state index contributed by atoms with van der Waals surface area (Å²) in [7, 11) is 0. The minimum Gasteiger partial charge on any atom is -0.480 e. The highest BCUT2D eigenvalue weighted by Crippen LogP contribution is 2.06. The average Bonchev–Trinajstić information content (AvgIpc) is 3.01. The summed E-state index contributed by atoms with van der Waals surface area (Å²) < 4.78 is 0. The number of nitrogens with two attached hydrogens (primary N) is 1. The van der Waals surface area contributed by atoms with E-state index in [1.807, 2.05) is 6.07 Å². The Morgan fingerprint density at radius 1 is 0.809 bits per heavy atom. The molecule has 0 unspecified atom stereocenters. The zero-order chi connectivity index (χ0) is 34.6. The molecule has 0 fully saturated rings. The van der Waals surface area contributed by atoms with Gasteiger partial charge in [0.2, 0.25) is 5.91 Å². The van der Waals surface area contributed by atoms with Crippen molar-refractivity contribution in [3.8, 4) is 0 Å². The van der Waals surface area contributed by atoms with Gasteiger partial charge in [-0.2, -0.15) is 0 Å². The van der Waals surface area contributed by atoms with Crippen LogP contribution in [-0.2, 0) is 53.2 Å². The number of hydrogen-bond donors (Lipinski definition) is 6. The second-order valence-corrected chi connectivity index (χ2v) is 10.6. The first-order valence-electron chi connectivity index (χ1n) is 14.6. The third-order valence-corrected chi connectivity index (χ3v) is 6.68. The molecule has 2 rings (SSSR count). The quantitative estimate of drug-likeness (QED) is 0.0536. The topological polar surface area (TPSA) is 245 Å². The molecule has 7 N–H and O–H groups in total. The second kappa shape index (κ2) is 21.1. The third kappa shape index (κ3) is 16.9. The number of carbonyl (C=O) groups is 6. The van der Waals surface area contributed by atoms with Crippen molar-refractivity contribution in [1.82, 2.24) is 30.5 Å². The molecule has 17 heteroatoms. The smallest absolute Gasteiger partial charge is 0.317 e. The molecular formula is C30H41N7O10. The normalized spacial score (nSPS) is 11.7. The summed E-state index contributed by atoms with van der Waals surface area (Å²) in [5.41, 5.74) is 10.6. The summed E-state index contributed by atoms with van der Waals surface area (Å²) >= 11 is 0. The van der Waals surface area contributed by atoms with Crippen molar-refractivity contribution < 1.29 is 48.9 Å². The standard InChI is InChI=1S/C30H41N7O10/c31-25(14-24-2-1-7-32-15-24)30(46)34-47-21-23-5-3-22(4-6-23)16-33-26(39)17-35(8-9-36(12-13-38)18-27(40)41)10-11-37(19-28(42)43)20-29(44)45/h1-7,13,15,25H,8-12,14,16-21,31H2,(H,33,39)(H,34,46)(H,40,41)(H,42,43)(H,44,45)/t25-/m1/s1. The van der Waals surface area contributed by atoms with Crippen LogP contribution in [0.1, 0.15) is 16.7 Å². The molecule has 0 aliphatic rings. The van der Waals surface area contributed by atoms with Crippen molar-refractivity contribution in [3.05, 3.63) is 65.5 Å². The Morgan fingerprint density at radius 3 is 1.96 bits per heavy atom. The van der Waals surface area contributed by atoms with Gasteiger partial charge in [-0.25, -0.2) is 5.48 Å². The first kappa shape index (κ1) is 38.4. The molecule has 0 aliphatic carbocycles. The summed E-state index contributed by atoms with van der Waals surface area (Å²) in [6, 6.07) is 9.83. The van der Waals surface area contributed by atoms with Gasteiger partial charge in [-0.05, 0) is 29.2 Å². The van der Waals surface area contributed by atoms with Crippen molar-refractivity contribution in [2.45, 2.75) is 25.6 Å². The van der Waals surface area contributed by atoms with E-state index >= 15 is 0 Å². The molecule has 17 nitrogen and oxygen atoms in total. The molecule has 0 spiro atoms. The van der Waals surface area contributed by atoms with Crippen molar-refractivity contribution in [2.75, 3.05) is 58.9 Å². The number of carboxylic acid groups (broad SMARTS) is 3. The molecule has 0 bridgehead atoms. The Labute approximate surface area is 271 Å².